The van der Waals surface area contributed by atoms with E-state index in [1.54, 1.807) is 18.7 Å². The third-order valence-corrected chi connectivity index (χ3v) is 3.82. The van der Waals surface area contributed by atoms with Crippen LogP contribution in [-0.2, 0) is 5.54 Å². The van der Waals surface area contributed by atoms with E-state index in [1.165, 1.54) is 0 Å². The van der Waals surface area contributed by atoms with Gasteiger partial charge in [-0.2, -0.15) is 0 Å². The average molecular weight is 288 g/mol. The molecule has 20 heavy (non-hydrogen) atoms. The molecule has 2 aromatic heterocycles. The molecule has 0 aliphatic rings. The number of anilines is 1. The third kappa shape index (κ3) is 2.20. The Morgan fingerprint density at radius 3 is 2.85 bits per heavy atom. The molecular formula is C14H14ClN5. The molecule has 0 amide bonds. The van der Waals surface area contributed by atoms with E-state index in [1.807, 2.05) is 41.7 Å². The molecular weight excluding hydrogens is 274 g/mol. The number of halogens is 1. The summed E-state index contributed by atoms with van der Waals surface area (Å²) in [5.41, 5.74) is 1.35. The SMILES string of the molecule is CC(CCl)(Nc1nccn2cnnc12)c1ccccc1. The lowest BCUT2D eigenvalue weighted by Gasteiger charge is -2.29. The molecule has 0 fully saturated rings. The van der Waals surface area contributed by atoms with Gasteiger partial charge < -0.3 is 5.32 Å². The van der Waals surface area contributed by atoms with E-state index in [4.69, 9.17) is 11.6 Å². The van der Waals surface area contributed by atoms with Crippen molar-refractivity contribution in [2.45, 2.75) is 12.5 Å². The van der Waals surface area contributed by atoms with Crippen LogP contribution in [-0.4, -0.2) is 25.5 Å². The number of nitrogens with one attached hydrogen (secondary N) is 1. The zero-order valence-electron chi connectivity index (χ0n) is 11.0. The maximum atomic E-state index is 6.19. The van der Waals surface area contributed by atoms with Gasteiger partial charge in [0.2, 0.25) is 5.65 Å². The molecule has 0 aliphatic carbocycles. The summed E-state index contributed by atoms with van der Waals surface area (Å²) in [7, 11) is 0. The van der Waals surface area contributed by atoms with Gasteiger partial charge >= 0.3 is 0 Å². The van der Waals surface area contributed by atoms with Gasteiger partial charge in [0.15, 0.2) is 5.82 Å². The average Bonchev–Trinajstić information content (AvgIpc) is 2.98. The van der Waals surface area contributed by atoms with Gasteiger partial charge in [0.05, 0.1) is 5.54 Å². The summed E-state index contributed by atoms with van der Waals surface area (Å²) in [6.07, 6.45) is 5.15. The number of hydrogen-bond acceptors (Lipinski definition) is 4. The number of hydrogen-bond donors (Lipinski definition) is 1. The van der Waals surface area contributed by atoms with Crippen LogP contribution in [0.2, 0.25) is 0 Å². The number of rotatable bonds is 4. The third-order valence-electron chi connectivity index (χ3n) is 3.29. The molecule has 102 valence electrons. The van der Waals surface area contributed by atoms with Crippen molar-refractivity contribution >= 4 is 23.1 Å². The monoisotopic (exact) mass is 287 g/mol. The van der Waals surface area contributed by atoms with Crippen LogP contribution in [0, 0.1) is 0 Å². The summed E-state index contributed by atoms with van der Waals surface area (Å²) in [6.45, 7) is 2.04. The van der Waals surface area contributed by atoms with Gasteiger partial charge in [-0.1, -0.05) is 30.3 Å². The lowest BCUT2D eigenvalue weighted by atomic mass is 9.94. The molecule has 0 saturated carbocycles. The molecule has 0 radical (unpaired) electrons. The first-order chi connectivity index (χ1) is 9.73. The number of fused-ring (bicyclic) bond motifs is 1. The second kappa shape index (κ2) is 5.09. The predicted octanol–water partition coefficient (Wildman–Crippen LogP) is 2.69. The fraction of sp³-hybridized carbons (Fsp3) is 0.214. The normalized spacial score (nSPS) is 14.1. The van der Waals surface area contributed by atoms with Crippen molar-refractivity contribution < 1.29 is 0 Å². The van der Waals surface area contributed by atoms with E-state index in [0.29, 0.717) is 17.3 Å². The van der Waals surface area contributed by atoms with E-state index < -0.39 is 5.54 Å². The van der Waals surface area contributed by atoms with Gasteiger partial charge in [0.1, 0.15) is 6.33 Å². The smallest absolute Gasteiger partial charge is 0.203 e. The van der Waals surface area contributed by atoms with E-state index in [0.717, 1.165) is 5.56 Å². The molecule has 5 nitrogen and oxygen atoms in total. The van der Waals surface area contributed by atoms with E-state index in [-0.39, 0.29) is 0 Å². The Balaban J connectivity index is 2.01. The molecule has 1 atom stereocenters. The van der Waals surface area contributed by atoms with Gasteiger partial charge in [-0.25, -0.2) is 4.98 Å². The highest BCUT2D eigenvalue weighted by molar-refractivity contribution is 6.18. The van der Waals surface area contributed by atoms with Gasteiger partial charge in [0.25, 0.3) is 0 Å². The van der Waals surface area contributed by atoms with E-state index >= 15 is 0 Å². The Labute approximate surface area is 121 Å². The van der Waals surface area contributed by atoms with Crippen LogP contribution in [0.3, 0.4) is 0 Å². The Kier molecular flexibility index (Phi) is 3.28. The Hall–Kier alpha value is -2.14. The summed E-state index contributed by atoms with van der Waals surface area (Å²) in [4.78, 5) is 4.34. The summed E-state index contributed by atoms with van der Waals surface area (Å²) in [5.74, 6) is 1.07. The Bertz CT molecular complexity index is 712. The highest BCUT2D eigenvalue weighted by Gasteiger charge is 2.26. The minimum atomic E-state index is -0.427. The number of alkyl halides is 1. The summed E-state index contributed by atoms with van der Waals surface area (Å²) < 4.78 is 1.81. The first-order valence-corrected chi connectivity index (χ1v) is 6.80. The van der Waals surface area contributed by atoms with Crippen LogP contribution in [0.25, 0.3) is 5.65 Å². The first-order valence-electron chi connectivity index (χ1n) is 6.27. The maximum absolute atomic E-state index is 6.19. The van der Waals surface area contributed by atoms with Crippen molar-refractivity contribution in [3.63, 3.8) is 0 Å². The van der Waals surface area contributed by atoms with Crippen LogP contribution < -0.4 is 5.32 Å². The molecule has 1 unspecified atom stereocenters. The number of nitrogens with zero attached hydrogens (tertiary/aromatic N) is 4. The minimum absolute atomic E-state index is 0.411. The highest BCUT2D eigenvalue weighted by atomic mass is 35.5. The summed E-state index contributed by atoms with van der Waals surface area (Å²) in [5, 5.41) is 11.4. The van der Waals surface area contributed by atoms with Gasteiger partial charge in [-0.3, -0.25) is 4.40 Å². The zero-order chi connectivity index (χ0) is 14.0. The lowest BCUT2D eigenvalue weighted by molar-refractivity contribution is 0.614. The van der Waals surface area contributed by atoms with Crippen molar-refractivity contribution in [3.8, 4) is 0 Å². The van der Waals surface area contributed by atoms with Gasteiger partial charge in [-0.15, -0.1) is 21.8 Å². The highest BCUT2D eigenvalue weighted by Crippen LogP contribution is 2.27. The van der Waals surface area contributed by atoms with Crippen LogP contribution in [0.1, 0.15) is 12.5 Å². The van der Waals surface area contributed by atoms with Gasteiger partial charge in [-0.05, 0) is 12.5 Å². The molecule has 0 saturated heterocycles. The molecule has 3 aromatic rings. The second-order valence-electron chi connectivity index (χ2n) is 4.79. The Morgan fingerprint density at radius 1 is 1.30 bits per heavy atom. The van der Waals surface area contributed by atoms with Crippen LogP contribution >= 0.6 is 11.6 Å². The standard InChI is InChI=1S/C14H14ClN5/c1-14(9-15,11-5-3-2-4-6-11)18-12-13-19-17-10-20(13)8-7-16-12/h2-8,10H,9H2,1H3,(H,16,18). The van der Waals surface area contributed by atoms with Crippen molar-refractivity contribution in [2.24, 2.45) is 0 Å². The molecule has 0 spiro atoms. The van der Waals surface area contributed by atoms with Crippen LogP contribution in [0.5, 0.6) is 0 Å². The zero-order valence-corrected chi connectivity index (χ0v) is 11.7. The number of aromatic nitrogens is 4. The van der Waals surface area contributed by atoms with Crippen molar-refractivity contribution in [1.29, 1.82) is 0 Å². The van der Waals surface area contributed by atoms with E-state index in [2.05, 4.69) is 20.5 Å². The maximum Gasteiger partial charge on any atom is 0.203 e. The van der Waals surface area contributed by atoms with Crippen molar-refractivity contribution in [1.82, 2.24) is 19.6 Å². The summed E-state index contributed by atoms with van der Waals surface area (Å²) >= 11 is 6.19. The van der Waals surface area contributed by atoms with Crippen LogP contribution in [0.15, 0.2) is 49.1 Å². The fourth-order valence-electron chi connectivity index (χ4n) is 2.10. The topological polar surface area (TPSA) is 55.1 Å². The molecule has 3 rings (SSSR count). The van der Waals surface area contributed by atoms with Crippen LogP contribution in [0.4, 0.5) is 5.82 Å². The quantitative estimate of drug-likeness (QED) is 0.750. The van der Waals surface area contributed by atoms with Crippen molar-refractivity contribution in [2.75, 3.05) is 11.2 Å². The molecule has 1 aromatic carbocycles. The molecule has 6 heteroatoms. The predicted molar refractivity (Wildman–Crippen MR) is 78.9 cm³/mol. The van der Waals surface area contributed by atoms with Gasteiger partial charge in [0, 0.05) is 18.3 Å². The molecule has 1 N–H and O–H groups in total. The van der Waals surface area contributed by atoms with E-state index in [9.17, 15) is 0 Å². The first kappa shape index (κ1) is 12.9. The lowest BCUT2D eigenvalue weighted by Crippen LogP contribution is -2.34. The largest absolute Gasteiger partial charge is 0.356 e. The summed E-state index contributed by atoms with van der Waals surface area (Å²) in [6, 6.07) is 10.0. The molecule has 2 heterocycles. The number of benzene rings is 1. The Morgan fingerprint density at radius 2 is 2.10 bits per heavy atom. The van der Waals surface area contributed by atoms with Crippen molar-refractivity contribution in [3.05, 3.63) is 54.6 Å². The fourth-order valence-corrected chi connectivity index (χ4v) is 2.32. The minimum Gasteiger partial charge on any atom is -0.356 e. The molecule has 0 bridgehead atoms. The molecule has 0 aliphatic heterocycles. The second-order valence-corrected chi connectivity index (χ2v) is 5.06.